The maximum absolute atomic E-state index is 13.7. The number of benzene rings is 1. The molecule has 1 saturated heterocycles. The molecule has 0 radical (unpaired) electrons. The van der Waals surface area contributed by atoms with Crippen molar-refractivity contribution >= 4 is 28.7 Å². The summed E-state index contributed by atoms with van der Waals surface area (Å²) in [4.78, 5) is 27.0. The third-order valence-electron chi connectivity index (χ3n) is 7.92. The SMILES string of the molecule is CN(C)Cc1nc(Nc2ccc(-c3cnc4cc(F)ccn34)c3c2C(=O)NC3)ccc1N1CCOCC12CC2. The maximum Gasteiger partial charge on any atom is 0.254 e. The van der Waals surface area contributed by atoms with E-state index < -0.39 is 0 Å². The van der Waals surface area contributed by atoms with E-state index in [0.29, 0.717) is 35.8 Å². The average Bonchev–Trinajstić information content (AvgIpc) is 3.37. The first-order chi connectivity index (χ1) is 18.9. The number of amides is 1. The molecule has 0 bridgehead atoms. The fourth-order valence-corrected chi connectivity index (χ4v) is 5.88. The fourth-order valence-electron chi connectivity index (χ4n) is 5.88. The fraction of sp³-hybridized carbons (Fsp3) is 0.345. The van der Waals surface area contributed by atoms with Gasteiger partial charge in [-0.15, -0.1) is 0 Å². The molecule has 2 fully saturated rings. The Bertz CT molecular complexity index is 1610. The van der Waals surface area contributed by atoms with Crippen molar-refractivity contribution in [3.8, 4) is 11.3 Å². The van der Waals surface area contributed by atoms with E-state index in [1.807, 2.05) is 36.7 Å². The summed E-state index contributed by atoms with van der Waals surface area (Å²) in [6.45, 7) is 3.46. The van der Waals surface area contributed by atoms with Crippen LogP contribution in [-0.2, 0) is 17.8 Å². The zero-order valence-electron chi connectivity index (χ0n) is 22.0. The Kier molecular flexibility index (Phi) is 5.57. The highest BCUT2D eigenvalue weighted by Gasteiger charge is 2.50. The van der Waals surface area contributed by atoms with Crippen LogP contribution < -0.4 is 15.5 Å². The van der Waals surface area contributed by atoms with Crippen molar-refractivity contribution in [2.75, 3.05) is 44.1 Å². The van der Waals surface area contributed by atoms with Crippen LogP contribution in [0.4, 0.5) is 21.6 Å². The number of carbonyl (C=O) groups excluding carboxylic acids is 1. The Hall–Kier alpha value is -4.02. The van der Waals surface area contributed by atoms with E-state index in [-0.39, 0.29) is 17.3 Å². The average molecular weight is 528 g/mol. The number of nitrogens with one attached hydrogen (secondary N) is 2. The lowest BCUT2D eigenvalue weighted by Gasteiger charge is -2.39. The second kappa shape index (κ2) is 9.03. The highest BCUT2D eigenvalue weighted by atomic mass is 19.1. The van der Waals surface area contributed by atoms with Gasteiger partial charge in [-0.25, -0.2) is 14.4 Å². The molecule has 5 heterocycles. The van der Waals surface area contributed by atoms with Crippen LogP contribution in [0, 0.1) is 5.82 Å². The summed E-state index contributed by atoms with van der Waals surface area (Å²) in [6.07, 6.45) is 5.66. The lowest BCUT2D eigenvalue weighted by atomic mass is 9.99. The molecule has 1 amide bonds. The summed E-state index contributed by atoms with van der Waals surface area (Å²) < 4.78 is 21.3. The molecule has 0 unspecified atom stereocenters. The lowest BCUT2D eigenvalue weighted by Crippen LogP contribution is -2.48. The molecule has 1 aliphatic carbocycles. The normalized spacial score (nSPS) is 17.6. The van der Waals surface area contributed by atoms with Crippen LogP contribution in [0.3, 0.4) is 0 Å². The number of nitrogens with zero attached hydrogens (tertiary/aromatic N) is 5. The largest absolute Gasteiger partial charge is 0.377 e. The number of pyridine rings is 2. The number of rotatable bonds is 6. The number of ether oxygens (including phenoxy) is 1. The Labute approximate surface area is 225 Å². The number of imidazole rings is 1. The number of halogens is 1. The van der Waals surface area contributed by atoms with E-state index in [2.05, 4.69) is 31.5 Å². The molecule has 9 nitrogen and oxygen atoms in total. The zero-order valence-corrected chi connectivity index (χ0v) is 22.0. The molecule has 1 saturated carbocycles. The highest BCUT2D eigenvalue weighted by Crippen LogP contribution is 2.47. The number of anilines is 3. The predicted molar refractivity (Wildman–Crippen MR) is 147 cm³/mol. The van der Waals surface area contributed by atoms with Crippen LogP contribution in [0.25, 0.3) is 16.9 Å². The summed E-state index contributed by atoms with van der Waals surface area (Å²) in [5, 5.41) is 6.39. The summed E-state index contributed by atoms with van der Waals surface area (Å²) in [5.41, 5.74) is 6.63. The van der Waals surface area contributed by atoms with Crippen molar-refractivity contribution in [1.29, 1.82) is 0 Å². The molecule has 3 aliphatic rings. The number of hydrogen-bond acceptors (Lipinski definition) is 7. The third-order valence-corrected chi connectivity index (χ3v) is 7.92. The number of aromatic nitrogens is 3. The van der Waals surface area contributed by atoms with Crippen LogP contribution in [0.2, 0.25) is 0 Å². The van der Waals surface area contributed by atoms with Gasteiger partial charge in [0.25, 0.3) is 5.91 Å². The van der Waals surface area contributed by atoms with Gasteiger partial charge in [0.2, 0.25) is 0 Å². The van der Waals surface area contributed by atoms with E-state index in [0.717, 1.165) is 60.8 Å². The van der Waals surface area contributed by atoms with E-state index >= 15 is 0 Å². The van der Waals surface area contributed by atoms with Gasteiger partial charge in [-0.05, 0) is 56.8 Å². The van der Waals surface area contributed by atoms with Gasteiger partial charge in [0.05, 0.1) is 53.3 Å². The zero-order chi connectivity index (χ0) is 26.7. The summed E-state index contributed by atoms with van der Waals surface area (Å²) in [6, 6.07) is 10.8. The van der Waals surface area contributed by atoms with Crippen LogP contribution in [0.1, 0.15) is 34.5 Å². The van der Waals surface area contributed by atoms with Crippen LogP contribution >= 0.6 is 0 Å². The third kappa shape index (κ3) is 4.11. The first kappa shape index (κ1) is 24.1. The lowest BCUT2D eigenvalue weighted by molar-refractivity contribution is 0.0862. The smallest absolute Gasteiger partial charge is 0.254 e. The molecule has 0 atom stereocenters. The topological polar surface area (TPSA) is 87.0 Å². The Balaban J connectivity index is 1.25. The number of hydrogen-bond donors (Lipinski definition) is 2. The molecular formula is C29H30FN7O2. The summed E-state index contributed by atoms with van der Waals surface area (Å²) in [5.74, 6) is 0.214. The predicted octanol–water partition coefficient (Wildman–Crippen LogP) is 3.95. The molecule has 4 aromatic rings. The van der Waals surface area contributed by atoms with E-state index in [1.54, 1.807) is 12.4 Å². The van der Waals surface area contributed by atoms with Crippen molar-refractivity contribution in [2.45, 2.75) is 31.5 Å². The summed E-state index contributed by atoms with van der Waals surface area (Å²) >= 11 is 0. The van der Waals surface area contributed by atoms with Crippen molar-refractivity contribution < 1.29 is 13.9 Å². The monoisotopic (exact) mass is 527 g/mol. The quantitative estimate of drug-likeness (QED) is 0.393. The minimum Gasteiger partial charge on any atom is -0.377 e. The molecule has 2 N–H and O–H groups in total. The van der Waals surface area contributed by atoms with Crippen LogP contribution in [0.15, 0.2) is 48.8 Å². The van der Waals surface area contributed by atoms with Gasteiger partial charge in [-0.2, -0.15) is 0 Å². The van der Waals surface area contributed by atoms with Gasteiger partial charge in [0.1, 0.15) is 17.3 Å². The Morgan fingerprint density at radius 1 is 1.21 bits per heavy atom. The molecular weight excluding hydrogens is 497 g/mol. The number of fused-ring (bicyclic) bond motifs is 2. The Morgan fingerprint density at radius 3 is 2.90 bits per heavy atom. The van der Waals surface area contributed by atoms with Gasteiger partial charge in [-0.3, -0.25) is 9.20 Å². The first-order valence-electron chi connectivity index (χ1n) is 13.3. The molecule has 7 rings (SSSR count). The van der Waals surface area contributed by atoms with E-state index in [9.17, 15) is 9.18 Å². The van der Waals surface area contributed by atoms with Gasteiger partial charge in [0, 0.05) is 37.5 Å². The van der Waals surface area contributed by atoms with Gasteiger partial charge in [-0.1, -0.05) is 6.07 Å². The molecule has 3 aromatic heterocycles. The van der Waals surface area contributed by atoms with Gasteiger partial charge >= 0.3 is 0 Å². The minimum atomic E-state index is -0.339. The van der Waals surface area contributed by atoms with E-state index in [1.165, 1.54) is 12.1 Å². The van der Waals surface area contributed by atoms with Gasteiger partial charge < -0.3 is 25.2 Å². The van der Waals surface area contributed by atoms with Crippen LogP contribution in [0.5, 0.6) is 0 Å². The number of carbonyl (C=O) groups is 1. The van der Waals surface area contributed by atoms with Crippen molar-refractivity contribution in [3.63, 3.8) is 0 Å². The van der Waals surface area contributed by atoms with E-state index in [4.69, 9.17) is 9.72 Å². The van der Waals surface area contributed by atoms with Gasteiger partial charge in [0.15, 0.2) is 0 Å². The van der Waals surface area contributed by atoms with Crippen molar-refractivity contribution in [3.05, 3.63) is 71.4 Å². The Morgan fingerprint density at radius 2 is 2.08 bits per heavy atom. The highest BCUT2D eigenvalue weighted by molar-refractivity contribution is 6.06. The maximum atomic E-state index is 13.7. The van der Waals surface area contributed by atoms with Crippen molar-refractivity contribution in [2.24, 2.45) is 0 Å². The molecule has 10 heteroatoms. The molecule has 1 aromatic carbocycles. The first-order valence-corrected chi connectivity index (χ1v) is 13.3. The molecule has 39 heavy (non-hydrogen) atoms. The number of morpholine rings is 1. The minimum absolute atomic E-state index is 0.105. The molecule has 200 valence electrons. The second-order valence-electron chi connectivity index (χ2n) is 10.9. The van der Waals surface area contributed by atoms with Crippen LogP contribution in [-0.4, -0.2) is 64.6 Å². The molecule has 1 spiro atoms. The molecule has 2 aliphatic heterocycles. The summed E-state index contributed by atoms with van der Waals surface area (Å²) in [7, 11) is 4.09. The van der Waals surface area contributed by atoms with Crippen molar-refractivity contribution in [1.82, 2.24) is 24.6 Å². The standard InChI is InChI=1S/C29H30FN7O2/c1-35(2)16-22-23(37-11-12-39-17-29(37)8-9-29)5-6-25(34-22)33-21-4-3-19(20-14-32-28(38)27(20)21)24-15-31-26-13-18(30)7-10-36(24)26/h3-7,10,13,15H,8-9,11-12,14,16-17H2,1-2H3,(H,32,38)(H,33,34). The second-order valence-corrected chi connectivity index (χ2v) is 10.9.